The van der Waals surface area contributed by atoms with Gasteiger partial charge in [0, 0.05) is 12.0 Å². The van der Waals surface area contributed by atoms with Crippen molar-refractivity contribution in [2.24, 2.45) is 0 Å². The van der Waals surface area contributed by atoms with Crippen LogP contribution in [0.2, 0.25) is 0 Å². The fourth-order valence-corrected chi connectivity index (χ4v) is 2.85. The maximum absolute atomic E-state index is 12.2. The number of Topliss-reactive ketones (excluding diaryl/α,β-unsaturated/α-hetero) is 1. The number of ether oxygens (including phenoxy) is 1. The predicted octanol–water partition coefficient (Wildman–Crippen LogP) is 2.89. The Morgan fingerprint density at radius 3 is 2.62 bits per heavy atom. The highest BCUT2D eigenvalue weighted by atomic mass is 16.5. The summed E-state index contributed by atoms with van der Waals surface area (Å²) in [5, 5.41) is 0. The summed E-state index contributed by atoms with van der Waals surface area (Å²) in [5.41, 5.74) is 0.566. The van der Waals surface area contributed by atoms with Crippen LogP contribution in [0.5, 0.6) is 5.75 Å². The number of carbonyl (C=O) groups is 1. The molecule has 1 aromatic rings. The molecule has 0 bridgehead atoms. The number of para-hydroxylation sites is 1. The predicted molar refractivity (Wildman–Crippen MR) is 61.6 cm³/mol. The largest absolute Gasteiger partial charge is 0.479 e. The topological polar surface area (TPSA) is 26.3 Å². The molecule has 0 unspecified atom stereocenters. The van der Waals surface area contributed by atoms with Gasteiger partial charge in [0.05, 0.1) is 0 Å². The van der Waals surface area contributed by atoms with Crippen LogP contribution in [-0.4, -0.2) is 11.4 Å². The zero-order valence-electron chi connectivity index (χ0n) is 9.37. The van der Waals surface area contributed by atoms with Gasteiger partial charge in [0.25, 0.3) is 0 Å². The molecule has 0 saturated heterocycles. The minimum absolute atomic E-state index is 0.283. The Morgan fingerprint density at radius 2 is 1.81 bits per heavy atom. The molecular formula is C14H16O2. The number of hydrogen-bond acceptors (Lipinski definition) is 2. The normalized spacial score (nSPS) is 22.6. The van der Waals surface area contributed by atoms with E-state index < -0.39 is 5.60 Å². The van der Waals surface area contributed by atoms with Crippen LogP contribution in [0.1, 0.15) is 37.7 Å². The zero-order chi connectivity index (χ0) is 11.0. The maximum Gasteiger partial charge on any atom is 0.180 e. The van der Waals surface area contributed by atoms with Crippen LogP contribution in [0.3, 0.4) is 0 Å². The molecule has 2 heteroatoms. The van der Waals surface area contributed by atoms with Gasteiger partial charge in [0.15, 0.2) is 11.4 Å². The van der Waals surface area contributed by atoms with Gasteiger partial charge < -0.3 is 4.74 Å². The monoisotopic (exact) mass is 216 g/mol. The summed E-state index contributed by atoms with van der Waals surface area (Å²) in [5.74, 6) is 1.20. The molecule has 2 nitrogen and oxygen atoms in total. The Kier molecular flexibility index (Phi) is 2.23. The van der Waals surface area contributed by atoms with Crippen molar-refractivity contribution in [1.29, 1.82) is 0 Å². The van der Waals surface area contributed by atoms with Crippen molar-refractivity contribution < 1.29 is 9.53 Å². The molecule has 0 amide bonds. The molecular weight excluding hydrogens is 200 g/mol. The van der Waals surface area contributed by atoms with Crippen LogP contribution in [0.4, 0.5) is 0 Å². The minimum Gasteiger partial charge on any atom is -0.479 e. The Bertz CT molecular complexity index is 416. The molecule has 0 N–H and O–H groups in total. The molecule has 16 heavy (non-hydrogen) atoms. The summed E-state index contributed by atoms with van der Waals surface area (Å²) >= 11 is 0. The molecule has 0 aromatic heterocycles. The van der Waals surface area contributed by atoms with E-state index in [4.69, 9.17) is 4.74 Å². The average Bonchev–Trinajstić information content (AvgIpc) is 2.32. The number of ketones is 1. The second kappa shape index (κ2) is 3.62. The minimum atomic E-state index is -0.480. The maximum atomic E-state index is 12.2. The van der Waals surface area contributed by atoms with E-state index in [1.54, 1.807) is 0 Å². The van der Waals surface area contributed by atoms with Gasteiger partial charge in [-0.25, -0.2) is 0 Å². The first-order valence-corrected chi connectivity index (χ1v) is 6.10. The van der Waals surface area contributed by atoms with Crippen molar-refractivity contribution in [3.05, 3.63) is 29.8 Å². The highest BCUT2D eigenvalue weighted by Crippen LogP contribution is 2.39. The number of benzene rings is 1. The molecule has 1 heterocycles. The standard InChI is InChI=1S/C14H16O2/c15-13-10-11-6-2-3-7-12(11)16-14(13)8-4-1-5-9-14/h2-3,6-7H,1,4-5,8-10H2. The van der Waals surface area contributed by atoms with Crippen LogP contribution in [-0.2, 0) is 11.2 Å². The van der Waals surface area contributed by atoms with Crippen LogP contribution >= 0.6 is 0 Å². The van der Waals surface area contributed by atoms with Crippen LogP contribution in [0, 0.1) is 0 Å². The van der Waals surface area contributed by atoms with Gasteiger partial charge in [-0.3, -0.25) is 4.79 Å². The van der Waals surface area contributed by atoms with Gasteiger partial charge in [-0.05, 0) is 31.7 Å². The Morgan fingerprint density at radius 1 is 1.06 bits per heavy atom. The summed E-state index contributed by atoms with van der Waals surface area (Å²) < 4.78 is 6.02. The number of fused-ring (bicyclic) bond motifs is 1. The third kappa shape index (κ3) is 1.44. The van der Waals surface area contributed by atoms with E-state index >= 15 is 0 Å². The molecule has 1 aliphatic carbocycles. The average molecular weight is 216 g/mol. The lowest BCUT2D eigenvalue weighted by atomic mass is 9.78. The SMILES string of the molecule is O=C1Cc2ccccc2OC12CCCCC2. The molecule has 1 spiro atoms. The van der Waals surface area contributed by atoms with Crippen molar-refractivity contribution in [1.82, 2.24) is 0 Å². The first-order valence-electron chi connectivity index (χ1n) is 6.10. The van der Waals surface area contributed by atoms with Crippen molar-refractivity contribution in [2.45, 2.75) is 44.1 Å². The van der Waals surface area contributed by atoms with Crippen molar-refractivity contribution in [3.63, 3.8) is 0 Å². The van der Waals surface area contributed by atoms with E-state index in [1.807, 2.05) is 24.3 Å². The van der Waals surface area contributed by atoms with Gasteiger partial charge in [-0.2, -0.15) is 0 Å². The molecule has 84 valence electrons. The molecule has 1 saturated carbocycles. The lowest BCUT2D eigenvalue weighted by molar-refractivity contribution is -0.138. The van der Waals surface area contributed by atoms with Crippen molar-refractivity contribution >= 4 is 5.78 Å². The molecule has 0 atom stereocenters. The summed E-state index contributed by atoms with van der Waals surface area (Å²) in [6, 6.07) is 7.92. The zero-order valence-corrected chi connectivity index (χ0v) is 9.37. The number of carbonyl (C=O) groups excluding carboxylic acids is 1. The first-order chi connectivity index (χ1) is 7.80. The van der Waals surface area contributed by atoms with E-state index in [0.29, 0.717) is 6.42 Å². The van der Waals surface area contributed by atoms with E-state index in [9.17, 15) is 4.79 Å². The highest BCUT2D eigenvalue weighted by molar-refractivity contribution is 5.91. The molecule has 2 aliphatic rings. The van der Waals surface area contributed by atoms with Crippen molar-refractivity contribution in [3.8, 4) is 5.75 Å². The van der Waals surface area contributed by atoms with Gasteiger partial charge in [-0.1, -0.05) is 24.6 Å². The van der Waals surface area contributed by atoms with E-state index in [2.05, 4.69) is 0 Å². The van der Waals surface area contributed by atoms with Gasteiger partial charge in [0.1, 0.15) is 5.75 Å². The number of rotatable bonds is 0. The smallest absolute Gasteiger partial charge is 0.180 e. The summed E-state index contributed by atoms with van der Waals surface area (Å²) in [7, 11) is 0. The van der Waals surface area contributed by atoms with E-state index in [-0.39, 0.29) is 5.78 Å². The first kappa shape index (κ1) is 9.88. The fourth-order valence-electron chi connectivity index (χ4n) is 2.85. The lowest BCUT2D eigenvalue weighted by Crippen LogP contribution is -2.49. The summed E-state index contributed by atoms with van der Waals surface area (Å²) in [6.45, 7) is 0. The van der Waals surface area contributed by atoms with Crippen molar-refractivity contribution in [2.75, 3.05) is 0 Å². The highest BCUT2D eigenvalue weighted by Gasteiger charge is 2.44. The third-order valence-corrected chi connectivity index (χ3v) is 3.80. The molecule has 1 aliphatic heterocycles. The van der Waals surface area contributed by atoms with E-state index in [0.717, 1.165) is 37.0 Å². The fraction of sp³-hybridized carbons (Fsp3) is 0.500. The summed E-state index contributed by atoms with van der Waals surface area (Å²) in [4.78, 5) is 12.2. The Balaban J connectivity index is 1.97. The van der Waals surface area contributed by atoms with Gasteiger partial charge in [0.2, 0.25) is 0 Å². The van der Waals surface area contributed by atoms with Crippen LogP contribution in [0.25, 0.3) is 0 Å². The second-order valence-corrected chi connectivity index (χ2v) is 4.86. The molecule has 3 rings (SSSR count). The number of hydrogen-bond donors (Lipinski definition) is 0. The van der Waals surface area contributed by atoms with E-state index in [1.165, 1.54) is 6.42 Å². The van der Waals surface area contributed by atoms with Crippen LogP contribution in [0.15, 0.2) is 24.3 Å². The Labute approximate surface area is 95.6 Å². The summed E-state index contributed by atoms with van der Waals surface area (Å²) in [6.07, 6.45) is 5.83. The van der Waals surface area contributed by atoms with Gasteiger partial charge >= 0.3 is 0 Å². The molecule has 1 aromatic carbocycles. The van der Waals surface area contributed by atoms with Gasteiger partial charge in [-0.15, -0.1) is 0 Å². The second-order valence-electron chi connectivity index (χ2n) is 4.86. The lowest BCUT2D eigenvalue weighted by Gasteiger charge is -2.39. The third-order valence-electron chi connectivity index (χ3n) is 3.80. The quantitative estimate of drug-likeness (QED) is 0.666. The molecule has 1 fully saturated rings. The van der Waals surface area contributed by atoms with Crippen LogP contribution < -0.4 is 4.74 Å². The molecule has 0 radical (unpaired) electrons. The Hall–Kier alpha value is -1.31.